The number of likely N-dealkylation sites (tertiary alicyclic amines) is 1. The molecular formula is C30H29Cl4N3O2. The first-order chi connectivity index (χ1) is 18.7. The number of hydrogen-bond donors (Lipinski definition) is 1. The Balaban J connectivity index is 1.49. The molecule has 0 spiro atoms. The summed E-state index contributed by atoms with van der Waals surface area (Å²) in [6.45, 7) is 2.19. The second-order valence-electron chi connectivity index (χ2n) is 10.4. The van der Waals surface area contributed by atoms with Gasteiger partial charge in [-0.05, 0) is 60.2 Å². The zero-order chi connectivity index (χ0) is 27.7. The Morgan fingerprint density at radius 1 is 0.949 bits per heavy atom. The van der Waals surface area contributed by atoms with Crippen molar-refractivity contribution in [2.45, 2.75) is 49.7 Å². The SMILES string of the molecule is NC(=O)[C@H](Cc1ccc(Cl)cc1Cl)N(C(=O)C1(c2ccc(Cl)cc2Cl)CC1)C1CCN(Cc2ccccc2)C1. The lowest BCUT2D eigenvalue weighted by molar-refractivity contribution is -0.144. The molecule has 1 saturated heterocycles. The number of primary amides is 1. The first-order valence-corrected chi connectivity index (χ1v) is 14.5. The summed E-state index contributed by atoms with van der Waals surface area (Å²) in [7, 11) is 0. The van der Waals surface area contributed by atoms with E-state index in [1.54, 1.807) is 35.2 Å². The van der Waals surface area contributed by atoms with Crippen molar-refractivity contribution in [3.63, 3.8) is 0 Å². The van der Waals surface area contributed by atoms with Crippen LogP contribution in [0, 0.1) is 0 Å². The Morgan fingerprint density at radius 2 is 1.62 bits per heavy atom. The standard InChI is InChI=1S/C30H29Cl4N3O2/c31-21-7-6-20(25(33)15-21)14-27(28(35)38)37(23-10-13-36(18-23)17-19-4-2-1-3-5-19)29(39)30(11-12-30)24-9-8-22(32)16-26(24)34/h1-9,15-16,23,27H,10-14,17-18H2,(H2,35,38)/t23?,27-/m0/s1. The maximum atomic E-state index is 14.5. The fourth-order valence-corrected chi connectivity index (χ4v) is 6.74. The van der Waals surface area contributed by atoms with Crippen LogP contribution in [0.5, 0.6) is 0 Å². The highest BCUT2D eigenvalue weighted by Crippen LogP contribution is 2.53. The third-order valence-corrected chi connectivity index (χ3v) is 8.96. The molecule has 1 aliphatic carbocycles. The van der Waals surface area contributed by atoms with E-state index in [9.17, 15) is 9.59 Å². The monoisotopic (exact) mass is 603 g/mol. The molecule has 0 bridgehead atoms. The van der Waals surface area contributed by atoms with Crippen LogP contribution in [-0.2, 0) is 28.0 Å². The number of amides is 2. The number of carbonyl (C=O) groups is 2. The Kier molecular flexibility index (Phi) is 8.46. The van der Waals surface area contributed by atoms with Crippen LogP contribution in [0.15, 0.2) is 66.7 Å². The number of nitrogens with zero attached hydrogens (tertiary/aromatic N) is 2. The Bertz CT molecular complexity index is 1380. The maximum absolute atomic E-state index is 14.5. The molecule has 3 aromatic rings. The maximum Gasteiger partial charge on any atom is 0.240 e. The van der Waals surface area contributed by atoms with Crippen molar-refractivity contribution in [1.29, 1.82) is 0 Å². The Hall–Kier alpha value is -2.28. The number of benzene rings is 3. The van der Waals surface area contributed by atoms with Crippen LogP contribution in [-0.4, -0.2) is 46.8 Å². The van der Waals surface area contributed by atoms with E-state index >= 15 is 0 Å². The van der Waals surface area contributed by atoms with E-state index in [-0.39, 0.29) is 18.4 Å². The van der Waals surface area contributed by atoms with Gasteiger partial charge < -0.3 is 10.6 Å². The molecule has 5 nitrogen and oxygen atoms in total. The van der Waals surface area contributed by atoms with E-state index in [4.69, 9.17) is 52.1 Å². The number of hydrogen-bond acceptors (Lipinski definition) is 3. The number of rotatable bonds is 9. The first kappa shape index (κ1) is 28.3. The smallest absolute Gasteiger partial charge is 0.240 e. The lowest BCUT2D eigenvalue weighted by Gasteiger charge is -2.38. The van der Waals surface area contributed by atoms with Crippen molar-refractivity contribution in [3.05, 3.63) is 104 Å². The zero-order valence-corrected chi connectivity index (χ0v) is 24.3. The van der Waals surface area contributed by atoms with Crippen LogP contribution < -0.4 is 5.73 Å². The van der Waals surface area contributed by atoms with Crippen molar-refractivity contribution in [2.75, 3.05) is 13.1 Å². The Labute approximate surface area is 248 Å². The number of halogens is 4. The van der Waals surface area contributed by atoms with Crippen molar-refractivity contribution in [1.82, 2.24) is 9.80 Å². The second kappa shape index (κ2) is 11.7. The predicted molar refractivity (Wildman–Crippen MR) is 157 cm³/mol. The van der Waals surface area contributed by atoms with Crippen LogP contribution in [0.4, 0.5) is 0 Å². The van der Waals surface area contributed by atoms with Gasteiger partial charge in [0.1, 0.15) is 6.04 Å². The van der Waals surface area contributed by atoms with E-state index in [1.807, 2.05) is 24.3 Å². The zero-order valence-electron chi connectivity index (χ0n) is 21.3. The van der Waals surface area contributed by atoms with Gasteiger partial charge in [0.05, 0.1) is 5.41 Å². The third kappa shape index (κ3) is 6.08. The van der Waals surface area contributed by atoms with Gasteiger partial charge >= 0.3 is 0 Å². The van der Waals surface area contributed by atoms with Crippen LogP contribution in [0.2, 0.25) is 20.1 Å². The summed E-state index contributed by atoms with van der Waals surface area (Å²) in [5.41, 5.74) is 7.84. The van der Waals surface area contributed by atoms with Crippen molar-refractivity contribution < 1.29 is 9.59 Å². The van der Waals surface area contributed by atoms with Gasteiger partial charge in [0.25, 0.3) is 0 Å². The molecule has 1 heterocycles. The summed E-state index contributed by atoms with van der Waals surface area (Å²) in [4.78, 5) is 31.6. The lowest BCUT2D eigenvalue weighted by Crippen LogP contribution is -2.57. The highest BCUT2D eigenvalue weighted by molar-refractivity contribution is 6.35. The molecule has 0 aromatic heterocycles. The quantitative estimate of drug-likeness (QED) is 0.302. The molecule has 9 heteroatoms. The topological polar surface area (TPSA) is 66.6 Å². The fourth-order valence-electron chi connectivity index (χ4n) is 5.67. The van der Waals surface area contributed by atoms with Gasteiger partial charge in [-0.3, -0.25) is 14.5 Å². The van der Waals surface area contributed by atoms with Crippen molar-refractivity contribution >= 4 is 58.2 Å². The number of nitrogens with two attached hydrogens (primary N) is 1. The molecule has 1 saturated carbocycles. The van der Waals surface area contributed by atoms with Crippen LogP contribution in [0.3, 0.4) is 0 Å². The van der Waals surface area contributed by atoms with Gasteiger partial charge in [0.2, 0.25) is 11.8 Å². The molecule has 39 heavy (non-hydrogen) atoms. The largest absolute Gasteiger partial charge is 0.368 e. The lowest BCUT2D eigenvalue weighted by atomic mass is 9.91. The van der Waals surface area contributed by atoms with Crippen molar-refractivity contribution in [2.24, 2.45) is 5.73 Å². The minimum absolute atomic E-state index is 0.132. The van der Waals surface area contributed by atoms with E-state index in [0.29, 0.717) is 45.0 Å². The molecular weight excluding hydrogens is 576 g/mol. The first-order valence-electron chi connectivity index (χ1n) is 13.0. The molecule has 1 aliphatic heterocycles. The molecule has 1 unspecified atom stereocenters. The van der Waals surface area contributed by atoms with Gasteiger partial charge in [0, 0.05) is 52.2 Å². The average Bonchev–Trinajstić information content (AvgIpc) is 3.57. The normalized spacial score (nSPS) is 19.0. The number of carbonyl (C=O) groups excluding carboxylic acids is 2. The molecule has 2 atom stereocenters. The van der Waals surface area contributed by atoms with Gasteiger partial charge in [-0.2, -0.15) is 0 Å². The van der Waals surface area contributed by atoms with Gasteiger partial charge in [-0.1, -0.05) is 88.9 Å². The van der Waals surface area contributed by atoms with Gasteiger partial charge in [-0.15, -0.1) is 0 Å². The highest BCUT2D eigenvalue weighted by Gasteiger charge is 2.56. The minimum atomic E-state index is -0.888. The molecule has 2 fully saturated rings. The van der Waals surface area contributed by atoms with E-state index < -0.39 is 17.4 Å². The van der Waals surface area contributed by atoms with Gasteiger partial charge in [-0.25, -0.2) is 0 Å². The summed E-state index contributed by atoms with van der Waals surface area (Å²) < 4.78 is 0. The molecule has 2 aliphatic rings. The van der Waals surface area contributed by atoms with Gasteiger partial charge in [0.15, 0.2) is 0 Å². The Morgan fingerprint density at radius 3 is 2.23 bits per heavy atom. The summed E-state index contributed by atoms with van der Waals surface area (Å²) >= 11 is 25.4. The third-order valence-electron chi connectivity index (χ3n) is 7.82. The minimum Gasteiger partial charge on any atom is -0.368 e. The molecule has 3 aromatic carbocycles. The summed E-state index contributed by atoms with van der Waals surface area (Å²) in [5.74, 6) is -0.707. The second-order valence-corrected chi connectivity index (χ2v) is 12.1. The van der Waals surface area contributed by atoms with Crippen LogP contribution >= 0.6 is 46.4 Å². The van der Waals surface area contributed by atoms with E-state index in [1.165, 1.54) is 5.56 Å². The fraction of sp³-hybridized carbons (Fsp3) is 0.333. The highest BCUT2D eigenvalue weighted by atomic mass is 35.5. The van der Waals surface area contributed by atoms with Crippen LogP contribution in [0.25, 0.3) is 0 Å². The average molecular weight is 605 g/mol. The van der Waals surface area contributed by atoms with Crippen molar-refractivity contribution in [3.8, 4) is 0 Å². The molecule has 5 rings (SSSR count). The summed E-state index contributed by atoms with van der Waals surface area (Å²) in [5, 5.41) is 1.87. The molecule has 2 N–H and O–H groups in total. The molecule has 2 amide bonds. The molecule has 204 valence electrons. The van der Waals surface area contributed by atoms with E-state index in [0.717, 1.165) is 25.1 Å². The summed E-state index contributed by atoms with van der Waals surface area (Å²) in [6.07, 6.45) is 2.19. The predicted octanol–water partition coefficient (Wildman–Crippen LogP) is 6.53. The van der Waals surface area contributed by atoms with Crippen LogP contribution in [0.1, 0.15) is 36.0 Å². The van der Waals surface area contributed by atoms with E-state index in [2.05, 4.69) is 17.0 Å². The summed E-state index contributed by atoms with van der Waals surface area (Å²) in [6, 6.07) is 19.5. The molecule has 0 radical (unpaired) electrons.